The van der Waals surface area contributed by atoms with Gasteiger partial charge in [-0.3, -0.25) is 9.69 Å². The van der Waals surface area contributed by atoms with Gasteiger partial charge in [-0.25, -0.2) is 0 Å². The quantitative estimate of drug-likeness (QED) is 0.719. The molecule has 0 amide bonds. The summed E-state index contributed by atoms with van der Waals surface area (Å²) >= 11 is 0. The minimum atomic E-state index is -0.702. The van der Waals surface area contributed by atoms with Crippen LogP contribution in [0.4, 0.5) is 0 Å². The molecule has 3 atom stereocenters. The molecule has 1 aliphatic rings. The predicted molar refractivity (Wildman–Crippen MR) is 64.3 cm³/mol. The summed E-state index contributed by atoms with van der Waals surface area (Å²) in [5, 5.41) is 9.22. The largest absolute Gasteiger partial charge is 0.480 e. The maximum Gasteiger partial charge on any atom is 0.320 e. The Kier molecular flexibility index (Phi) is 5.22. The number of rotatable bonds is 6. The summed E-state index contributed by atoms with van der Waals surface area (Å²) in [5.74, 6) is -0.222. The lowest BCUT2D eigenvalue weighted by atomic mass is 9.99. The van der Waals surface area contributed by atoms with Crippen molar-refractivity contribution in [3.63, 3.8) is 0 Å². The average molecular weight is 228 g/mol. The van der Waals surface area contributed by atoms with Crippen LogP contribution in [-0.4, -0.2) is 41.1 Å². The highest BCUT2D eigenvalue weighted by Gasteiger charge is 2.35. The van der Waals surface area contributed by atoms with E-state index in [1.165, 1.54) is 6.42 Å². The fourth-order valence-electron chi connectivity index (χ4n) is 2.97. The number of carbonyl (C=O) groups is 1. The van der Waals surface area contributed by atoms with Crippen LogP contribution in [0.25, 0.3) is 0 Å². The van der Waals surface area contributed by atoms with Gasteiger partial charge in [-0.1, -0.05) is 20.3 Å². The van der Waals surface area contributed by atoms with Crippen molar-refractivity contribution in [2.75, 3.05) is 13.1 Å². The molecular weight excluding hydrogens is 204 g/mol. The number of hydrogen-bond acceptors (Lipinski definition) is 3. The molecule has 3 unspecified atom stereocenters. The molecule has 1 aliphatic carbocycles. The van der Waals surface area contributed by atoms with Gasteiger partial charge in [0.1, 0.15) is 6.04 Å². The summed E-state index contributed by atoms with van der Waals surface area (Å²) in [6, 6.07) is 0.0261. The summed E-state index contributed by atoms with van der Waals surface area (Å²) < 4.78 is 0. The lowest BCUT2D eigenvalue weighted by Crippen LogP contribution is -2.49. The van der Waals surface area contributed by atoms with E-state index in [0.29, 0.717) is 24.9 Å². The van der Waals surface area contributed by atoms with Gasteiger partial charge in [0.05, 0.1) is 0 Å². The molecule has 0 aromatic heterocycles. The van der Waals surface area contributed by atoms with Crippen molar-refractivity contribution in [3.8, 4) is 0 Å². The number of nitrogens with two attached hydrogens (primary N) is 1. The van der Waals surface area contributed by atoms with E-state index in [9.17, 15) is 9.90 Å². The minimum absolute atomic E-state index is 0.345. The highest BCUT2D eigenvalue weighted by molar-refractivity contribution is 5.73. The van der Waals surface area contributed by atoms with Crippen LogP contribution in [0.15, 0.2) is 0 Å². The van der Waals surface area contributed by atoms with Crippen molar-refractivity contribution in [2.24, 2.45) is 11.7 Å². The zero-order chi connectivity index (χ0) is 12.1. The lowest BCUT2D eigenvalue weighted by molar-refractivity contribution is -0.144. The number of nitrogens with zero attached hydrogens (tertiary/aromatic N) is 1. The van der Waals surface area contributed by atoms with Crippen LogP contribution in [-0.2, 0) is 4.79 Å². The Morgan fingerprint density at radius 1 is 1.50 bits per heavy atom. The van der Waals surface area contributed by atoms with E-state index in [0.717, 1.165) is 19.4 Å². The van der Waals surface area contributed by atoms with Gasteiger partial charge < -0.3 is 10.8 Å². The van der Waals surface area contributed by atoms with Crippen molar-refractivity contribution in [2.45, 2.75) is 51.6 Å². The molecule has 1 rings (SSSR count). The van der Waals surface area contributed by atoms with Crippen molar-refractivity contribution >= 4 is 5.97 Å². The van der Waals surface area contributed by atoms with Gasteiger partial charge >= 0.3 is 5.97 Å². The Labute approximate surface area is 97.8 Å². The smallest absolute Gasteiger partial charge is 0.320 e. The molecule has 0 aliphatic heterocycles. The molecular formula is C12H24N2O2. The first-order valence-electron chi connectivity index (χ1n) is 6.34. The van der Waals surface area contributed by atoms with Crippen LogP contribution in [0.3, 0.4) is 0 Å². The molecule has 94 valence electrons. The van der Waals surface area contributed by atoms with Crippen LogP contribution in [0.5, 0.6) is 0 Å². The Hall–Kier alpha value is -0.610. The number of carboxylic acids is 1. The molecule has 4 heteroatoms. The third-order valence-electron chi connectivity index (χ3n) is 3.78. The Balaban J connectivity index is 2.75. The zero-order valence-corrected chi connectivity index (χ0v) is 10.4. The minimum Gasteiger partial charge on any atom is -0.480 e. The molecule has 1 saturated carbocycles. The number of carboxylic acid groups (broad SMARTS) is 1. The molecule has 0 aromatic rings. The maximum absolute atomic E-state index is 11.2. The van der Waals surface area contributed by atoms with E-state index >= 15 is 0 Å². The summed E-state index contributed by atoms with van der Waals surface area (Å²) in [6.07, 6.45) is 4.09. The van der Waals surface area contributed by atoms with E-state index in [4.69, 9.17) is 5.73 Å². The van der Waals surface area contributed by atoms with Crippen molar-refractivity contribution in [1.29, 1.82) is 0 Å². The topological polar surface area (TPSA) is 66.6 Å². The van der Waals surface area contributed by atoms with Gasteiger partial charge in [-0.05, 0) is 38.3 Å². The first-order valence-corrected chi connectivity index (χ1v) is 6.34. The Morgan fingerprint density at radius 3 is 2.62 bits per heavy atom. The third kappa shape index (κ3) is 2.74. The van der Waals surface area contributed by atoms with Crippen LogP contribution in [0.1, 0.15) is 39.5 Å². The molecule has 0 radical (unpaired) electrons. The molecule has 0 saturated heterocycles. The predicted octanol–water partition coefficient (Wildman–Crippen LogP) is 1.30. The van der Waals surface area contributed by atoms with E-state index in [1.807, 2.05) is 13.8 Å². The fraction of sp³-hybridized carbons (Fsp3) is 0.917. The number of aliphatic carboxylic acids is 1. The van der Waals surface area contributed by atoms with Crippen LogP contribution >= 0.6 is 0 Å². The molecule has 0 heterocycles. The highest BCUT2D eigenvalue weighted by Crippen LogP contribution is 2.30. The first-order chi connectivity index (χ1) is 7.65. The second kappa shape index (κ2) is 6.21. The van der Waals surface area contributed by atoms with Gasteiger partial charge in [-0.15, -0.1) is 0 Å². The van der Waals surface area contributed by atoms with Crippen molar-refractivity contribution in [1.82, 2.24) is 4.90 Å². The van der Waals surface area contributed by atoms with Crippen LogP contribution < -0.4 is 5.73 Å². The van der Waals surface area contributed by atoms with Gasteiger partial charge in [-0.2, -0.15) is 0 Å². The summed E-state index contributed by atoms with van der Waals surface area (Å²) in [7, 11) is 0. The molecule has 4 nitrogen and oxygen atoms in total. The second-order valence-electron chi connectivity index (χ2n) is 4.59. The van der Waals surface area contributed by atoms with Crippen LogP contribution in [0.2, 0.25) is 0 Å². The molecule has 0 spiro atoms. The first kappa shape index (κ1) is 13.5. The van der Waals surface area contributed by atoms with Crippen molar-refractivity contribution < 1.29 is 9.90 Å². The molecule has 16 heavy (non-hydrogen) atoms. The Bertz CT molecular complexity index is 233. The van der Waals surface area contributed by atoms with Gasteiger partial charge in [0.2, 0.25) is 0 Å². The molecule has 0 bridgehead atoms. The highest BCUT2D eigenvalue weighted by atomic mass is 16.4. The summed E-state index contributed by atoms with van der Waals surface area (Å²) in [5.41, 5.74) is 5.76. The van der Waals surface area contributed by atoms with E-state index < -0.39 is 5.97 Å². The zero-order valence-electron chi connectivity index (χ0n) is 10.4. The summed E-state index contributed by atoms with van der Waals surface area (Å²) in [4.78, 5) is 13.3. The van der Waals surface area contributed by atoms with Gasteiger partial charge in [0.25, 0.3) is 0 Å². The molecule has 3 N–H and O–H groups in total. The SMILES string of the molecule is CCC(C(=O)O)N(CC)C1CCCC1CN. The average Bonchev–Trinajstić information content (AvgIpc) is 2.72. The molecule has 0 aromatic carbocycles. The van der Waals surface area contributed by atoms with Crippen LogP contribution in [0, 0.1) is 5.92 Å². The summed E-state index contributed by atoms with van der Waals surface area (Å²) in [6.45, 7) is 5.45. The number of likely N-dealkylation sites (N-methyl/N-ethyl adjacent to an activating group) is 1. The van der Waals surface area contributed by atoms with E-state index in [2.05, 4.69) is 4.90 Å². The fourth-order valence-corrected chi connectivity index (χ4v) is 2.97. The van der Waals surface area contributed by atoms with E-state index in [1.54, 1.807) is 0 Å². The standard InChI is InChI=1S/C12H24N2O2/c1-3-10(12(15)16)14(4-2)11-7-5-6-9(11)8-13/h9-11H,3-8,13H2,1-2H3,(H,15,16). The van der Waals surface area contributed by atoms with Gasteiger partial charge in [0.15, 0.2) is 0 Å². The van der Waals surface area contributed by atoms with Gasteiger partial charge in [0, 0.05) is 6.04 Å². The maximum atomic E-state index is 11.2. The molecule has 1 fully saturated rings. The van der Waals surface area contributed by atoms with Crippen molar-refractivity contribution in [3.05, 3.63) is 0 Å². The number of hydrogen-bond donors (Lipinski definition) is 2. The van der Waals surface area contributed by atoms with E-state index in [-0.39, 0.29) is 6.04 Å². The second-order valence-corrected chi connectivity index (χ2v) is 4.59. The monoisotopic (exact) mass is 228 g/mol. The Morgan fingerprint density at radius 2 is 2.19 bits per heavy atom. The third-order valence-corrected chi connectivity index (χ3v) is 3.78. The lowest BCUT2D eigenvalue weighted by Gasteiger charge is -2.35. The normalized spacial score (nSPS) is 27.2.